The van der Waals surface area contributed by atoms with Crippen molar-refractivity contribution in [1.82, 2.24) is 15.5 Å². The summed E-state index contributed by atoms with van der Waals surface area (Å²) in [4.78, 5) is 7.21. The molecule has 0 saturated carbocycles. The Hall–Kier alpha value is -0.120. The van der Waals surface area contributed by atoms with Gasteiger partial charge in [0.25, 0.3) is 0 Å². The molecular formula is C17H37IN4O2. The SMILES string of the molecule is CCCN1CCC(NC(=NCCCOCCOC)NCC)CC1.I. The lowest BCUT2D eigenvalue weighted by Gasteiger charge is -2.32. The van der Waals surface area contributed by atoms with Gasteiger partial charge in [-0.2, -0.15) is 0 Å². The summed E-state index contributed by atoms with van der Waals surface area (Å²) in [5.41, 5.74) is 0. The molecule has 0 radical (unpaired) electrons. The van der Waals surface area contributed by atoms with E-state index < -0.39 is 0 Å². The average Bonchev–Trinajstić information content (AvgIpc) is 2.56. The molecule has 7 heteroatoms. The third kappa shape index (κ3) is 11.4. The summed E-state index contributed by atoms with van der Waals surface area (Å²) in [7, 11) is 1.69. The van der Waals surface area contributed by atoms with E-state index in [1.165, 1.54) is 38.9 Å². The lowest BCUT2D eigenvalue weighted by Crippen LogP contribution is -2.48. The number of rotatable bonds is 11. The fraction of sp³-hybridized carbons (Fsp3) is 0.941. The summed E-state index contributed by atoms with van der Waals surface area (Å²) in [6, 6.07) is 0.541. The number of ether oxygens (including phenoxy) is 2. The van der Waals surface area contributed by atoms with Crippen LogP contribution in [-0.4, -0.2) is 76.6 Å². The largest absolute Gasteiger partial charge is 0.382 e. The van der Waals surface area contributed by atoms with Crippen LogP contribution >= 0.6 is 24.0 Å². The predicted molar refractivity (Wildman–Crippen MR) is 112 cm³/mol. The van der Waals surface area contributed by atoms with E-state index in [9.17, 15) is 0 Å². The number of halogens is 1. The quantitative estimate of drug-likeness (QED) is 0.216. The number of nitrogens with one attached hydrogen (secondary N) is 2. The molecule has 0 aliphatic carbocycles. The van der Waals surface area contributed by atoms with Gasteiger partial charge in [0.1, 0.15) is 0 Å². The molecule has 1 aliphatic rings. The molecule has 6 nitrogen and oxygen atoms in total. The van der Waals surface area contributed by atoms with Gasteiger partial charge in [-0.25, -0.2) is 0 Å². The van der Waals surface area contributed by atoms with Crippen molar-refractivity contribution in [2.24, 2.45) is 4.99 Å². The molecule has 0 unspecified atom stereocenters. The molecule has 1 rings (SSSR count). The van der Waals surface area contributed by atoms with Crippen molar-refractivity contribution in [1.29, 1.82) is 0 Å². The van der Waals surface area contributed by atoms with Gasteiger partial charge in [0, 0.05) is 45.9 Å². The Kier molecular flexibility index (Phi) is 16.3. The van der Waals surface area contributed by atoms with Crippen LogP contribution in [0.25, 0.3) is 0 Å². The first kappa shape index (κ1) is 23.9. The van der Waals surface area contributed by atoms with Crippen molar-refractivity contribution < 1.29 is 9.47 Å². The lowest BCUT2D eigenvalue weighted by molar-refractivity contribution is 0.0702. The molecule has 0 aromatic carbocycles. The second-order valence-electron chi connectivity index (χ2n) is 5.98. The molecule has 0 aromatic rings. The van der Waals surface area contributed by atoms with Gasteiger partial charge < -0.3 is 25.0 Å². The molecular weight excluding hydrogens is 419 g/mol. The Morgan fingerprint density at radius 2 is 1.92 bits per heavy atom. The molecule has 24 heavy (non-hydrogen) atoms. The first-order chi connectivity index (χ1) is 11.3. The van der Waals surface area contributed by atoms with Crippen molar-refractivity contribution in [3.63, 3.8) is 0 Å². The lowest BCUT2D eigenvalue weighted by atomic mass is 10.1. The molecule has 144 valence electrons. The molecule has 0 atom stereocenters. The molecule has 1 saturated heterocycles. The number of aliphatic imine (C=N–C) groups is 1. The summed E-state index contributed by atoms with van der Waals surface area (Å²) in [5.74, 6) is 0.943. The van der Waals surface area contributed by atoms with Gasteiger partial charge >= 0.3 is 0 Å². The smallest absolute Gasteiger partial charge is 0.191 e. The minimum atomic E-state index is 0. The Morgan fingerprint density at radius 3 is 2.54 bits per heavy atom. The van der Waals surface area contributed by atoms with Crippen LogP contribution in [0.1, 0.15) is 39.5 Å². The van der Waals surface area contributed by atoms with Gasteiger partial charge in [-0.1, -0.05) is 6.92 Å². The van der Waals surface area contributed by atoms with Crippen LogP contribution < -0.4 is 10.6 Å². The fourth-order valence-corrected chi connectivity index (χ4v) is 2.73. The number of likely N-dealkylation sites (tertiary alicyclic amines) is 1. The van der Waals surface area contributed by atoms with E-state index in [1.807, 2.05) is 0 Å². The van der Waals surface area contributed by atoms with Crippen molar-refractivity contribution >= 4 is 29.9 Å². The molecule has 0 bridgehead atoms. The number of hydrogen-bond acceptors (Lipinski definition) is 4. The van der Waals surface area contributed by atoms with Crippen LogP contribution in [0.5, 0.6) is 0 Å². The minimum absolute atomic E-state index is 0. The highest BCUT2D eigenvalue weighted by molar-refractivity contribution is 14.0. The molecule has 2 N–H and O–H groups in total. The van der Waals surface area contributed by atoms with Gasteiger partial charge in [0.15, 0.2) is 5.96 Å². The zero-order chi connectivity index (χ0) is 16.8. The van der Waals surface area contributed by atoms with E-state index in [0.717, 1.165) is 32.1 Å². The molecule has 0 amide bonds. The Labute approximate surface area is 165 Å². The van der Waals surface area contributed by atoms with Crippen LogP contribution in [0.15, 0.2) is 4.99 Å². The van der Waals surface area contributed by atoms with Gasteiger partial charge in [0.05, 0.1) is 13.2 Å². The first-order valence-corrected chi connectivity index (χ1v) is 9.14. The third-order valence-electron chi connectivity index (χ3n) is 3.96. The predicted octanol–water partition coefficient (Wildman–Crippen LogP) is 2.09. The topological polar surface area (TPSA) is 58.1 Å². The standard InChI is InChI=1S/C17H36N4O2.HI/c1-4-10-21-11-7-16(8-12-21)20-17(18-5-2)19-9-6-13-23-15-14-22-3;/h16H,4-15H2,1-3H3,(H2,18,19,20);1H. The number of hydrogen-bond donors (Lipinski definition) is 2. The zero-order valence-electron chi connectivity index (χ0n) is 15.7. The summed E-state index contributed by atoms with van der Waals surface area (Å²) >= 11 is 0. The van der Waals surface area contributed by atoms with Crippen molar-refractivity contribution in [3.05, 3.63) is 0 Å². The maximum Gasteiger partial charge on any atom is 0.191 e. The third-order valence-corrected chi connectivity index (χ3v) is 3.96. The van der Waals surface area contributed by atoms with E-state index in [-0.39, 0.29) is 24.0 Å². The molecule has 0 spiro atoms. The first-order valence-electron chi connectivity index (χ1n) is 9.14. The van der Waals surface area contributed by atoms with Crippen molar-refractivity contribution in [2.75, 3.05) is 59.7 Å². The summed E-state index contributed by atoms with van der Waals surface area (Å²) in [6.45, 7) is 11.7. The van der Waals surface area contributed by atoms with E-state index in [4.69, 9.17) is 9.47 Å². The monoisotopic (exact) mass is 456 g/mol. The molecule has 1 aliphatic heterocycles. The van der Waals surface area contributed by atoms with E-state index in [0.29, 0.717) is 19.3 Å². The highest BCUT2D eigenvalue weighted by Gasteiger charge is 2.19. The Balaban J connectivity index is 0.00000529. The number of nitrogens with zero attached hydrogens (tertiary/aromatic N) is 2. The zero-order valence-corrected chi connectivity index (χ0v) is 18.0. The highest BCUT2D eigenvalue weighted by atomic mass is 127. The van der Waals surface area contributed by atoms with Crippen LogP contribution in [0, 0.1) is 0 Å². The van der Waals surface area contributed by atoms with E-state index >= 15 is 0 Å². The second kappa shape index (κ2) is 16.4. The molecule has 1 heterocycles. The van der Waals surface area contributed by atoms with Crippen molar-refractivity contribution in [2.45, 2.75) is 45.6 Å². The van der Waals surface area contributed by atoms with Gasteiger partial charge in [-0.05, 0) is 39.2 Å². The molecule has 0 aromatic heterocycles. The van der Waals surface area contributed by atoms with E-state index in [1.54, 1.807) is 7.11 Å². The minimum Gasteiger partial charge on any atom is -0.382 e. The highest BCUT2D eigenvalue weighted by Crippen LogP contribution is 2.10. The normalized spacial score (nSPS) is 16.7. The summed E-state index contributed by atoms with van der Waals surface area (Å²) < 4.78 is 10.4. The number of methoxy groups -OCH3 is 1. The van der Waals surface area contributed by atoms with E-state index in [2.05, 4.69) is 34.4 Å². The maximum absolute atomic E-state index is 5.46. The van der Waals surface area contributed by atoms with Crippen molar-refractivity contribution in [3.8, 4) is 0 Å². The fourth-order valence-electron chi connectivity index (χ4n) is 2.73. The van der Waals surface area contributed by atoms with Gasteiger partial charge in [-0.3, -0.25) is 4.99 Å². The Morgan fingerprint density at radius 1 is 1.17 bits per heavy atom. The summed E-state index contributed by atoms with van der Waals surface area (Å²) in [6.07, 6.45) is 4.58. The Bertz CT molecular complexity index is 311. The number of guanidine groups is 1. The van der Waals surface area contributed by atoms with Crippen LogP contribution in [0.3, 0.4) is 0 Å². The van der Waals surface area contributed by atoms with Gasteiger partial charge in [0.2, 0.25) is 0 Å². The van der Waals surface area contributed by atoms with Gasteiger partial charge in [-0.15, -0.1) is 24.0 Å². The van der Waals surface area contributed by atoms with Crippen LogP contribution in [0.4, 0.5) is 0 Å². The van der Waals surface area contributed by atoms with Crippen LogP contribution in [0.2, 0.25) is 0 Å². The van der Waals surface area contributed by atoms with Crippen LogP contribution in [-0.2, 0) is 9.47 Å². The molecule has 1 fully saturated rings. The number of piperidine rings is 1. The maximum atomic E-state index is 5.46. The average molecular weight is 456 g/mol. The summed E-state index contributed by atoms with van der Waals surface area (Å²) in [5, 5.41) is 6.92. The second-order valence-corrected chi connectivity index (χ2v) is 5.98.